The Morgan fingerprint density at radius 2 is 1.74 bits per heavy atom. The minimum absolute atomic E-state index is 0.0278. The van der Waals surface area contributed by atoms with Gasteiger partial charge in [0.25, 0.3) is 22.7 Å². The van der Waals surface area contributed by atoms with E-state index in [9.17, 15) is 36.4 Å². The fourth-order valence-electron chi connectivity index (χ4n) is 4.75. The van der Waals surface area contributed by atoms with Gasteiger partial charge in [0, 0.05) is 5.56 Å². The number of esters is 1. The Bertz CT molecular complexity index is 1880. The highest BCUT2D eigenvalue weighted by atomic mass is 32.2. The lowest BCUT2D eigenvalue weighted by atomic mass is 10.1. The van der Waals surface area contributed by atoms with Crippen molar-refractivity contribution in [1.82, 2.24) is 19.5 Å². The molecule has 246 valence electrons. The lowest BCUT2D eigenvalue weighted by Gasteiger charge is -2.19. The van der Waals surface area contributed by atoms with Gasteiger partial charge in [-0.15, -0.1) is 5.01 Å². The number of ether oxygens (including phenoxy) is 1. The van der Waals surface area contributed by atoms with Crippen molar-refractivity contribution in [3.8, 4) is 16.9 Å². The number of hydrogen-bond acceptors (Lipinski definition) is 9. The number of hydrogen-bond donors (Lipinski definition) is 1. The maximum Gasteiger partial charge on any atom is 0.435 e. The van der Waals surface area contributed by atoms with Crippen LogP contribution in [0.2, 0.25) is 0 Å². The largest absolute Gasteiger partial charge is 0.569 e. The molecule has 1 aliphatic rings. The van der Waals surface area contributed by atoms with E-state index in [0.29, 0.717) is 12.0 Å². The highest BCUT2D eigenvalue weighted by Crippen LogP contribution is 2.33. The van der Waals surface area contributed by atoms with E-state index >= 15 is 0 Å². The summed E-state index contributed by atoms with van der Waals surface area (Å²) in [5.41, 5.74) is 0.763. The van der Waals surface area contributed by atoms with Crippen LogP contribution < -0.4 is 4.72 Å². The lowest BCUT2D eigenvalue weighted by Crippen LogP contribution is -2.47. The smallest absolute Gasteiger partial charge is 0.435 e. The first-order valence-corrected chi connectivity index (χ1v) is 15.5. The summed E-state index contributed by atoms with van der Waals surface area (Å²) in [5, 5.41) is 20.4. The molecule has 1 amide bonds. The maximum absolute atomic E-state index is 13.5. The number of nitrogens with zero attached hydrogens (tertiary/aromatic N) is 5. The van der Waals surface area contributed by atoms with Gasteiger partial charge in [0.2, 0.25) is 5.28 Å². The number of benzene rings is 3. The Morgan fingerprint density at radius 3 is 2.40 bits per heavy atom. The molecule has 1 N–H and O–H groups in total. The number of aryl methyl sites for hydroxylation is 1. The first-order chi connectivity index (χ1) is 22.3. The van der Waals surface area contributed by atoms with E-state index in [0.717, 1.165) is 33.5 Å². The van der Waals surface area contributed by atoms with Crippen LogP contribution >= 0.6 is 0 Å². The summed E-state index contributed by atoms with van der Waals surface area (Å²) in [7, 11) is -4.46. The van der Waals surface area contributed by atoms with Crippen molar-refractivity contribution in [1.29, 1.82) is 0 Å². The molecule has 4 aromatic rings. The van der Waals surface area contributed by atoms with Gasteiger partial charge in [0.1, 0.15) is 0 Å². The number of carbonyl (C=O) groups is 2. The fraction of sp³-hybridized carbons (Fsp3) is 0.233. The molecule has 0 saturated carbocycles. The van der Waals surface area contributed by atoms with Crippen molar-refractivity contribution in [2.24, 2.45) is 5.28 Å². The molecule has 1 atom stereocenters. The van der Waals surface area contributed by atoms with Crippen LogP contribution in [0.15, 0.2) is 95.1 Å². The Balaban J connectivity index is 1.25. The molecule has 1 aliphatic heterocycles. The lowest BCUT2D eigenvalue weighted by molar-refractivity contribution is -0.712. The molecule has 0 spiro atoms. The van der Waals surface area contributed by atoms with E-state index in [1.807, 2.05) is 11.6 Å². The van der Waals surface area contributed by atoms with E-state index < -0.39 is 46.6 Å². The Labute approximate surface area is 266 Å². The monoisotopic (exact) mass is 672 g/mol. The molecule has 13 nitrogen and oxygen atoms in total. The van der Waals surface area contributed by atoms with Crippen LogP contribution in [-0.2, 0) is 30.6 Å². The summed E-state index contributed by atoms with van der Waals surface area (Å²) >= 11 is 0. The minimum atomic E-state index is -4.72. The molecule has 5 rings (SSSR count). The van der Waals surface area contributed by atoms with Gasteiger partial charge >= 0.3 is 12.1 Å². The average molecular weight is 673 g/mol. The molecule has 0 bridgehead atoms. The molecule has 47 heavy (non-hydrogen) atoms. The third-order valence-electron chi connectivity index (χ3n) is 7.10. The molecular weight excluding hydrogens is 645 g/mol. The second-order valence-electron chi connectivity index (χ2n) is 10.4. The minimum Gasteiger partial charge on any atom is -0.569 e. The van der Waals surface area contributed by atoms with Crippen LogP contribution in [0.1, 0.15) is 34.5 Å². The number of carbonyl (C=O) groups excluding carboxylic acids is 2. The van der Waals surface area contributed by atoms with Crippen molar-refractivity contribution in [3.63, 3.8) is 0 Å². The molecule has 1 fully saturated rings. The van der Waals surface area contributed by atoms with Crippen LogP contribution in [-0.4, -0.2) is 59.4 Å². The summed E-state index contributed by atoms with van der Waals surface area (Å²) in [6.07, 6.45) is -4.24. The van der Waals surface area contributed by atoms with Gasteiger partial charge in [-0.25, -0.2) is 22.6 Å². The van der Waals surface area contributed by atoms with Crippen molar-refractivity contribution in [2.45, 2.75) is 36.9 Å². The van der Waals surface area contributed by atoms with E-state index in [2.05, 4.69) is 10.4 Å². The summed E-state index contributed by atoms with van der Waals surface area (Å²) < 4.78 is 74.6. The number of halogens is 3. The van der Waals surface area contributed by atoms with E-state index in [1.165, 1.54) is 24.3 Å². The summed E-state index contributed by atoms with van der Waals surface area (Å²) in [5.74, 6) is -1.72. The SMILES string of the molecule is Cc1ccc(-c2cc(C(F)(F)F)nn2-c2ccc(S(=O)(=O)NC(=O)[C@@H]3CCCN3/[N+]([O-])=N\OCOC(=O)c3ccccc3)cc2)cc1. The highest BCUT2D eigenvalue weighted by Gasteiger charge is 2.39. The van der Waals surface area contributed by atoms with Crippen molar-refractivity contribution in [3.05, 3.63) is 107 Å². The summed E-state index contributed by atoms with van der Waals surface area (Å²) in [6, 6.07) is 19.2. The van der Waals surface area contributed by atoms with Crippen LogP contribution in [0.4, 0.5) is 13.2 Å². The second kappa shape index (κ2) is 13.5. The molecule has 1 saturated heterocycles. The Hall–Kier alpha value is -5.45. The van der Waals surface area contributed by atoms with Gasteiger partial charge < -0.3 is 14.8 Å². The van der Waals surface area contributed by atoms with Crippen molar-refractivity contribution in [2.75, 3.05) is 13.3 Å². The zero-order valence-electron chi connectivity index (χ0n) is 24.6. The Morgan fingerprint density at radius 1 is 1.06 bits per heavy atom. The Kier molecular flexibility index (Phi) is 9.46. The van der Waals surface area contributed by atoms with Gasteiger partial charge in [0.15, 0.2) is 11.7 Å². The van der Waals surface area contributed by atoms with Crippen LogP contribution in [0, 0.1) is 12.1 Å². The summed E-state index contributed by atoms with van der Waals surface area (Å²) in [4.78, 5) is 29.3. The maximum atomic E-state index is 13.5. The molecule has 1 aromatic heterocycles. The van der Waals surface area contributed by atoms with Gasteiger partial charge in [-0.05, 0) is 62.2 Å². The molecule has 3 aromatic carbocycles. The highest BCUT2D eigenvalue weighted by molar-refractivity contribution is 7.90. The normalized spacial score (nSPS) is 15.4. The van der Waals surface area contributed by atoms with E-state index in [-0.39, 0.29) is 39.8 Å². The summed E-state index contributed by atoms with van der Waals surface area (Å²) in [6.45, 7) is 1.20. The number of nitrogens with one attached hydrogen (secondary N) is 1. The molecule has 0 aliphatic carbocycles. The van der Waals surface area contributed by atoms with Gasteiger partial charge in [-0.3, -0.25) is 4.79 Å². The van der Waals surface area contributed by atoms with Crippen LogP contribution in [0.3, 0.4) is 0 Å². The quantitative estimate of drug-likeness (QED) is 0.0626. The van der Waals surface area contributed by atoms with E-state index in [1.54, 1.807) is 42.5 Å². The first kappa shape index (κ1) is 32.9. The average Bonchev–Trinajstić information content (AvgIpc) is 3.73. The van der Waals surface area contributed by atoms with Gasteiger partial charge in [-0.1, -0.05) is 48.0 Å². The van der Waals surface area contributed by atoms with Crippen LogP contribution in [0.5, 0.6) is 0 Å². The first-order valence-electron chi connectivity index (χ1n) is 14.0. The molecule has 0 unspecified atom stereocenters. The molecular formula is C30H27F3N6O7S. The van der Waals surface area contributed by atoms with E-state index in [4.69, 9.17) is 9.57 Å². The third-order valence-corrected chi connectivity index (χ3v) is 8.46. The van der Waals surface area contributed by atoms with Crippen molar-refractivity contribution < 1.29 is 45.7 Å². The number of amides is 1. The zero-order valence-corrected chi connectivity index (χ0v) is 25.4. The zero-order chi connectivity index (χ0) is 33.8. The topological polar surface area (TPSA) is 158 Å². The number of hydrazine groups is 1. The molecule has 17 heteroatoms. The fourth-order valence-corrected chi connectivity index (χ4v) is 5.77. The predicted molar refractivity (Wildman–Crippen MR) is 158 cm³/mol. The molecule has 2 heterocycles. The second-order valence-corrected chi connectivity index (χ2v) is 12.0. The van der Waals surface area contributed by atoms with Crippen LogP contribution in [0.25, 0.3) is 16.9 Å². The van der Waals surface area contributed by atoms with Gasteiger partial charge in [-0.2, -0.15) is 18.3 Å². The third kappa shape index (κ3) is 7.69. The van der Waals surface area contributed by atoms with Crippen molar-refractivity contribution >= 4 is 21.9 Å². The van der Waals surface area contributed by atoms with Gasteiger partial charge in [0.05, 0.1) is 33.4 Å². The standard InChI is InChI=1S/C30H27F3N6O7S/c1-20-9-11-21(12-10-20)26-18-27(30(31,32)33)34-38(26)23-13-15-24(16-14-23)47(43,44)35-28(40)25-8-5-17-37(25)39(42)36-46-19-45-29(41)22-6-3-2-4-7-22/h2-4,6-7,9-16,18,25H,5,8,17,19H2,1H3,(H,35,40)/b39-36+/t25-/m0/s1. The number of alkyl halides is 3. The number of aromatic nitrogens is 2. The molecule has 0 radical (unpaired) electrons. The number of sulfonamides is 1. The number of rotatable bonds is 10. The predicted octanol–water partition coefficient (Wildman–Crippen LogP) is 4.76.